The summed E-state index contributed by atoms with van der Waals surface area (Å²) < 4.78 is 22.3. The average molecular weight is 427 g/mol. The van der Waals surface area contributed by atoms with E-state index in [9.17, 15) is 9.59 Å². The maximum Gasteiger partial charge on any atom is 0.338 e. The molecule has 0 bridgehead atoms. The first-order valence-electron chi connectivity index (χ1n) is 10.6. The van der Waals surface area contributed by atoms with Crippen molar-refractivity contribution in [1.29, 1.82) is 0 Å². The van der Waals surface area contributed by atoms with E-state index in [0.29, 0.717) is 37.1 Å². The SMILES string of the molecule is CCOc1cc(C(=O)OCC(=O)N2c3ccccc3CC2C)cc(OCC)c1OCC. The molecule has 2 aromatic rings. The lowest BCUT2D eigenvalue weighted by atomic mass is 10.1. The predicted molar refractivity (Wildman–Crippen MR) is 117 cm³/mol. The number of hydrogen-bond donors (Lipinski definition) is 0. The van der Waals surface area contributed by atoms with E-state index in [1.807, 2.05) is 52.0 Å². The summed E-state index contributed by atoms with van der Waals surface area (Å²) in [5.74, 6) is 0.359. The Morgan fingerprint density at radius 2 is 1.58 bits per heavy atom. The van der Waals surface area contributed by atoms with Crippen molar-refractivity contribution in [3.05, 3.63) is 47.5 Å². The number of ether oxygens (including phenoxy) is 4. The van der Waals surface area contributed by atoms with Gasteiger partial charge >= 0.3 is 5.97 Å². The van der Waals surface area contributed by atoms with Crippen LogP contribution in [0.15, 0.2) is 36.4 Å². The minimum atomic E-state index is -0.626. The minimum absolute atomic E-state index is 0.0168. The van der Waals surface area contributed by atoms with Gasteiger partial charge in [-0.1, -0.05) is 18.2 Å². The van der Waals surface area contributed by atoms with Gasteiger partial charge < -0.3 is 23.8 Å². The van der Waals surface area contributed by atoms with E-state index in [0.717, 1.165) is 17.7 Å². The van der Waals surface area contributed by atoms with Gasteiger partial charge in [0.25, 0.3) is 5.91 Å². The van der Waals surface area contributed by atoms with E-state index < -0.39 is 5.97 Å². The van der Waals surface area contributed by atoms with E-state index in [2.05, 4.69) is 0 Å². The standard InChI is InChI=1S/C24H29NO6/c1-5-28-20-13-18(14-21(29-6-2)23(20)30-7-3)24(27)31-15-22(26)25-16(4)12-17-10-8-9-11-19(17)25/h8-11,13-14,16H,5-7,12,15H2,1-4H3. The molecule has 0 aliphatic carbocycles. The van der Waals surface area contributed by atoms with E-state index >= 15 is 0 Å². The number of benzene rings is 2. The van der Waals surface area contributed by atoms with Crippen LogP contribution in [-0.4, -0.2) is 44.3 Å². The van der Waals surface area contributed by atoms with Gasteiger partial charge in [0.05, 0.1) is 25.4 Å². The zero-order valence-corrected chi connectivity index (χ0v) is 18.5. The van der Waals surface area contributed by atoms with E-state index in [-0.39, 0.29) is 24.1 Å². The second-order valence-electron chi connectivity index (χ2n) is 7.12. The van der Waals surface area contributed by atoms with Crippen molar-refractivity contribution < 1.29 is 28.5 Å². The Balaban J connectivity index is 1.76. The molecule has 0 saturated carbocycles. The first-order valence-corrected chi connectivity index (χ1v) is 10.6. The smallest absolute Gasteiger partial charge is 0.338 e. The van der Waals surface area contributed by atoms with Crippen LogP contribution in [-0.2, 0) is 16.0 Å². The van der Waals surface area contributed by atoms with Crippen molar-refractivity contribution in [3.8, 4) is 17.2 Å². The molecule has 2 aromatic carbocycles. The topological polar surface area (TPSA) is 74.3 Å². The fourth-order valence-corrected chi connectivity index (χ4v) is 3.73. The monoisotopic (exact) mass is 427 g/mol. The second kappa shape index (κ2) is 10.2. The molecule has 0 aromatic heterocycles. The Hall–Kier alpha value is -3.22. The molecule has 1 unspecified atom stereocenters. The molecule has 166 valence electrons. The highest BCUT2D eigenvalue weighted by atomic mass is 16.5. The van der Waals surface area contributed by atoms with Crippen LogP contribution < -0.4 is 19.1 Å². The van der Waals surface area contributed by atoms with Crippen molar-refractivity contribution in [1.82, 2.24) is 0 Å². The maximum absolute atomic E-state index is 12.8. The molecule has 1 aliphatic rings. The normalized spacial score (nSPS) is 14.7. The zero-order valence-electron chi connectivity index (χ0n) is 18.5. The predicted octanol–water partition coefficient (Wildman–Crippen LogP) is 4.02. The molecule has 1 heterocycles. The number of amides is 1. The molecule has 1 atom stereocenters. The highest BCUT2D eigenvalue weighted by Crippen LogP contribution is 2.39. The molecule has 1 aliphatic heterocycles. The molecular weight excluding hydrogens is 398 g/mol. The summed E-state index contributed by atoms with van der Waals surface area (Å²) >= 11 is 0. The van der Waals surface area contributed by atoms with Crippen molar-refractivity contribution in [2.24, 2.45) is 0 Å². The fraction of sp³-hybridized carbons (Fsp3) is 0.417. The van der Waals surface area contributed by atoms with Gasteiger partial charge in [0.1, 0.15) is 0 Å². The maximum atomic E-state index is 12.8. The number of rotatable bonds is 9. The van der Waals surface area contributed by atoms with Crippen molar-refractivity contribution >= 4 is 17.6 Å². The Kier molecular flexibility index (Phi) is 7.39. The third kappa shape index (κ3) is 4.93. The fourth-order valence-electron chi connectivity index (χ4n) is 3.73. The quantitative estimate of drug-likeness (QED) is 0.563. The van der Waals surface area contributed by atoms with Crippen LogP contribution in [0.2, 0.25) is 0 Å². The lowest BCUT2D eigenvalue weighted by molar-refractivity contribution is -0.122. The van der Waals surface area contributed by atoms with Gasteiger partial charge in [0.15, 0.2) is 18.1 Å². The molecule has 0 spiro atoms. The third-order valence-corrected chi connectivity index (χ3v) is 4.95. The van der Waals surface area contributed by atoms with Gasteiger partial charge in [-0.25, -0.2) is 4.79 Å². The molecule has 7 nitrogen and oxygen atoms in total. The number of carbonyl (C=O) groups excluding carboxylic acids is 2. The number of anilines is 1. The van der Waals surface area contributed by atoms with Crippen LogP contribution in [0.5, 0.6) is 17.2 Å². The lowest BCUT2D eigenvalue weighted by Gasteiger charge is -2.22. The number of nitrogens with zero attached hydrogens (tertiary/aromatic N) is 1. The van der Waals surface area contributed by atoms with Crippen LogP contribution in [0.3, 0.4) is 0 Å². The van der Waals surface area contributed by atoms with Crippen molar-refractivity contribution in [3.63, 3.8) is 0 Å². The first-order chi connectivity index (χ1) is 15.0. The van der Waals surface area contributed by atoms with E-state index in [1.54, 1.807) is 17.0 Å². The van der Waals surface area contributed by atoms with Gasteiger partial charge in [0, 0.05) is 11.7 Å². The highest BCUT2D eigenvalue weighted by Gasteiger charge is 2.31. The van der Waals surface area contributed by atoms with E-state index in [1.165, 1.54) is 0 Å². The highest BCUT2D eigenvalue weighted by molar-refractivity contribution is 5.99. The summed E-state index contributed by atoms with van der Waals surface area (Å²) in [6.07, 6.45) is 0.782. The summed E-state index contributed by atoms with van der Waals surface area (Å²) in [5, 5.41) is 0. The Morgan fingerprint density at radius 3 is 2.19 bits per heavy atom. The third-order valence-electron chi connectivity index (χ3n) is 4.95. The van der Waals surface area contributed by atoms with Crippen LogP contribution in [0.1, 0.15) is 43.6 Å². The molecule has 7 heteroatoms. The molecule has 1 amide bonds. The number of esters is 1. The summed E-state index contributed by atoms with van der Waals surface area (Å²) in [5.41, 5.74) is 2.22. The van der Waals surface area contributed by atoms with Gasteiger partial charge in [-0.05, 0) is 57.9 Å². The second-order valence-corrected chi connectivity index (χ2v) is 7.12. The Labute approximate surface area is 182 Å². The average Bonchev–Trinajstić information content (AvgIpc) is 3.10. The van der Waals surface area contributed by atoms with Crippen molar-refractivity contribution in [2.75, 3.05) is 31.3 Å². The van der Waals surface area contributed by atoms with Crippen molar-refractivity contribution in [2.45, 2.75) is 40.2 Å². The first kappa shape index (κ1) is 22.5. The summed E-state index contributed by atoms with van der Waals surface area (Å²) in [7, 11) is 0. The Bertz CT molecular complexity index is 914. The molecule has 0 radical (unpaired) electrons. The van der Waals surface area contributed by atoms with Crippen LogP contribution in [0, 0.1) is 0 Å². The van der Waals surface area contributed by atoms with Crippen LogP contribution >= 0.6 is 0 Å². The van der Waals surface area contributed by atoms with Gasteiger partial charge in [-0.3, -0.25) is 4.79 Å². The molecule has 31 heavy (non-hydrogen) atoms. The molecule has 0 N–H and O–H groups in total. The molecule has 3 rings (SSSR count). The van der Waals surface area contributed by atoms with Crippen LogP contribution in [0.4, 0.5) is 5.69 Å². The summed E-state index contributed by atoms with van der Waals surface area (Å²) in [4.78, 5) is 27.2. The Morgan fingerprint density at radius 1 is 0.968 bits per heavy atom. The molecule has 0 saturated heterocycles. The number of hydrogen-bond acceptors (Lipinski definition) is 6. The minimum Gasteiger partial charge on any atom is -0.490 e. The van der Waals surface area contributed by atoms with E-state index in [4.69, 9.17) is 18.9 Å². The van der Waals surface area contributed by atoms with Gasteiger partial charge in [0.2, 0.25) is 5.75 Å². The molecular formula is C24H29NO6. The summed E-state index contributed by atoms with van der Waals surface area (Å²) in [6.45, 7) is 8.39. The largest absolute Gasteiger partial charge is 0.490 e. The van der Waals surface area contributed by atoms with Gasteiger partial charge in [-0.2, -0.15) is 0 Å². The number of para-hydroxylation sites is 1. The zero-order chi connectivity index (χ0) is 22.4. The number of fused-ring (bicyclic) bond motifs is 1. The lowest BCUT2D eigenvalue weighted by Crippen LogP contribution is -2.38. The van der Waals surface area contributed by atoms with Crippen LogP contribution in [0.25, 0.3) is 0 Å². The molecule has 0 fully saturated rings. The summed E-state index contributed by atoms with van der Waals surface area (Å²) in [6, 6.07) is 10.9. The number of carbonyl (C=O) groups is 2. The van der Waals surface area contributed by atoms with Gasteiger partial charge in [-0.15, -0.1) is 0 Å².